The maximum atomic E-state index is 12.2. The van der Waals surface area contributed by atoms with Gasteiger partial charge in [-0.25, -0.2) is 4.79 Å². The zero-order valence-corrected chi connectivity index (χ0v) is 16.7. The van der Waals surface area contributed by atoms with Gasteiger partial charge >= 0.3 is 5.97 Å². The summed E-state index contributed by atoms with van der Waals surface area (Å²) >= 11 is 0. The highest BCUT2D eigenvalue weighted by atomic mass is 16.5. The van der Waals surface area contributed by atoms with Crippen LogP contribution in [0, 0.1) is 0 Å². The van der Waals surface area contributed by atoms with Crippen molar-refractivity contribution in [1.82, 2.24) is 0 Å². The van der Waals surface area contributed by atoms with Crippen LogP contribution in [0.25, 0.3) is 0 Å². The number of ether oxygens (including phenoxy) is 1. The lowest BCUT2D eigenvalue weighted by Gasteiger charge is -2.19. The van der Waals surface area contributed by atoms with E-state index in [0.717, 1.165) is 12.0 Å². The number of nitrogens with one attached hydrogen (secondary N) is 1. The van der Waals surface area contributed by atoms with Crippen LogP contribution in [-0.2, 0) is 21.4 Å². The third-order valence-corrected chi connectivity index (χ3v) is 4.28. The van der Waals surface area contributed by atoms with Gasteiger partial charge in [0, 0.05) is 12.1 Å². The van der Waals surface area contributed by atoms with E-state index in [2.05, 4.69) is 50.4 Å². The first-order valence-electron chi connectivity index (χ1n) is 9.46. The maximum Gasteiger partial charge on any atom is 0.338 e. The Balaban J connectivity index is 1.89. The van der Waals surface area contributed by atoms with Crippen molar-refractivity contribution in [3.8, 4) is 0 Å². The lowest BCUT2D eigenvalue weighted by Crippen LogP contribution is -2.14. The SMILES string of the molecule is CCCOC(=O)c1cccc(NC(=O)CCc2ccc(C(C)(C)C)cc2)c1. The highest BCUT2D eigenvalue weighted by Crippen LogP contribution is 2.22. The minimum absolute atomic E-state index is 0.0750. The predicted molar refractivity (Wildman–Crippen MR) is 109 cm³/mol. The van der Waals surface area contributed by atoms with Crippen molar-refractivity contribution in [1.29, 1.82) is 0 Å². The normalized spacial score (nSPS) is 11.1. The Labute approximate surface area is 161 Å². The molecule has 2 aromatic rings. The number of carbonyl (C=O) groups is 2. The van der Waals surface area contributed by atoms with E-state index in [0.29, 0.717) is 30.7 Å². The zero-order valence-electron chi connectivity index (χ0n) is 16.7. The third kappa shape index (κ3) is 6.55. The maximum absolute atomic E-state index is 12.2. The summed E-state index contributed by atoms with van der Waals surface area (Å²) in [5.41, 5.74) is 3.59. The summed E-state index contributed by atoms with van der Waals surface area (Å²) in [6.07, 6.45) is 1.84. The molecule has 0 saturated carbocycles. The van der Waals surface area contributed by atoms with E-state index in [1.807, 2.05) is 6.92 Å². The molecule has 0 aliphatic carbocycles. The Morgan fingerprint density at radius 1 is 1.04 bits per heavy atom. The molecule has 0 aliphatic heterocycles. The number of aryl methyl sites for hydroxylation is 1. The van der Waals surface area contributed by atoms with Crippen molar-refractivity contribution in [2.24, 2.45) is 0 Å². The molecule has 0 heterocycles. The number of anilines is 1. The lowest BCUT2D eigenvalue weighted by molar-refractivity contribution is -0.116. The fourth-order valence-corrected chi connectivity index (χ4v) is 2.65. The van der Waals surface area contributed by atoms with Crippen LogP contribution in [0.15, 0.2) is 48.5 Å². The van der Waals surface area contributed by atoms with Crippen LogP contribution in [0.4, 0.5) is 5.69 Å². The monoisotopic (exact) mass is 367 g/mol. The number of carbonyl (C=O) groups excluding carboxylic acids is 2. The van der Waals surface area contributed by atoms with E-state index >= 15 is 0 Å². The molecule has 4 nitrogen and oxygen atoms in total. The van der Waals surface area contributed by atoms with Crippen LogP contribution in [0.3, 0.4) is 0 Å². The van der Waals surface area contributed by atoms with Crippen LogP contribution in [0.2, 0.25) is 0 Å². The van der Waals surface area contributed by atoms with E-state index in [-0.39, 0.29) is 17.3 Å². The fourth-order valence-electron chi connectivity index (χ4n) is 2.65. The number of esters is 1. The Kier molecular flexibility index (Phi) is 7.17. The van der Waals surface area contributed by atoms with E-state index in [4.69, 9.17) is 4.74 Å². The molecule has 0 spiro atoms. The van der Waals surface area contributed by atoms with E-state index in [9.17, 15) is 9.59 Å². The van der Waals surface area contributed by atoms with Gasteiger partial charge in [-0.15, -0.1) is 0 Å². The number of hydrogen-bond acceptors (Lipinski definition) is 3. The molecule has 0 atom stereocenters. The molecule has 2 rings (SSSR count). The molecule has 0 aromatic heterocycles. The van der Waals surface area contributed by atoms with Gasteiger partial charge in [-0.05, 0) is 47.6 Å². The molecule has 1 amide bonds. The minimum Gasteiger partial charge on any atom is -0.462 e. The molecule has 2 aromatic carbocycles. The largest absolute Gasteiger partial charge is 0.462 e. The van der Waals surface area contributed by atoms with Crippen molar-refractivity contribution in [3.05, 3.63) is 65.2 Å². The van der Waals surface area contributed by atoms with Gasteiger partial charge in [-0.3, -0.25) is 4.79 Å². The van der Waals surface area contributed by atoms with Crippen molar-refractivity contribution < 1.29 is 14.3 Å². The van der Waals surface area contributed by atoms with Crippen molar-refractivity contribution in [3.63, 3.8) is 0 Å². The summed E-state index contributed by atoms with van der Waals surface area (Å²) in [7, 11) is 0. The fraction of sp³-hybridized carbons (Fsp3) is 0.391. The second-order valence-corrected chi connectivity index (χ2v) is 7.71. The average molecular weight is 367 g/mol. The van der Waals surface area contributed by atoms with Gasteiger partial charge in [-0.2, -0.15) is 0 Å². The van der Waals surface area contributed by atoms with Crippen molar-refractivity contribution >= 4 is 17.6 Å². The zero-order chi connectivity index (χ0) is 19.9. The van der Waals surface area contributed by atoms with Crippen LogP contribution in [0.5, 0.6) is 0 Å². The molecule has 0 saturated heterocycles. The van der Waals surface area contributed by atoms with Crippen LogP contribution >= 0.6 is 0 Å². The topological polar surface area (TPSA) is 55.4 Å². The Hall–Kier alpha value is -2.62. The van der Waals surface area contributed by atoms with E-state index in [1.165, 1.54) is 5.56 Å². The summed E-state index contributed by atoms with van der Waals surface area (Å²) in [5.74, 6) is -0.444. The average Bonchev–Trinajstić information content (AvgIpc) is 2.64. The second-order valence-electron chi connectivity index (χ2n) is 7.71. The third-order valence-electron chi connectivity index (χ3n) is 4.28. The molecule has 0 fully saturated rings. The summed E-state index contributed by atoms with van der Waals surface area (Å²) in [6.45, 7) is 8.88. The van der Waals surface area contributed by atoms with Crippen LogP contribution in [0.1, 0.15) is 62.0 Å². The molecule has 144 valence electrons. The Bertz CT molecular complexity index is 773. The number of amides is 1. The molecule has 27 heavy (non-hydrogen) atoms. The molecule has 0 bridgehead atoms. The molecule has 1 N–H and O–H groups in total. The van der Waals surface area contributed by atoms with Crippen molar-refractivity contribution in [2.45, 2.75) is 52.4 Å². The van der Waals surface area contributed by atoms with Gasteiger partial charge < -0.3 is 10.1 Å². The van der Waals surface area contributed by atoms with Gasteiger partial charge in [0.1, 0.15) is 0 Å². The Morgan fingerprint density at radius 2 is 1.74 bits per heavy atom. The van der Waals surface area contributed by atoms with E-state index in [1.54, 1.807) is 24.3 Å². The highest BCUT2D eigenvalue weighted by Gasteiger charge is 2.13. The molecule has 4 heteroatoms. The number of hydrogen-bond donors (Lipinski definition) is 1. The standard InChI is InChI=1S/C23H29NO3/c1-5-15-27-22(26)18-7-6-8-20(16-18)24-21(25)14-11-17-9-12-19(13-10-17)23(2,3)4/h6-10,12-13,16H,5,11,14-15H2,1-4H3,(H,24,25). The molecule has 0 unspecified atom stereocenters. The van der Waals surface area contributed by atoms with Gasteiger partial charge in [0.15, 0.2) is 0 Å². The van der Waals surface area contributed by atoms with E-state index < -0.39 is 0 Å². The number of benzene rings is 2. The Morgan fingerprint density at radius 3 is 2.37 bits per heavy atom. The first kappa shape index (κ1) is 20.7. The summed E-state index contributed by atoms with van der Waals surface area (Å²) in [6, 6.07) is 15.3. The van der Waals surface area contributed by atoms with Crippen molar-refractivity contribution in [2.75, 3.05) is 11.9 Å². The summed E-state index contributed by atoms with van der Waals surface area (Å²) < 4.78 is 5.12. The molecular weight excluding hydrogens is 338 g/mol. The lowest BCUT2D eigenvalue weighted by atomic mass is 9.86. The molecule has 0 radical (unpaired) electrons. The van der Waals surface area contributed by atoms with Crippen LogP contribution < -0.4 is 5.32 Å². The minimum atomic E-state index is -0.369. The van der Waals surface area contributed by atoms with Gasteiger partial charge in [0.05, 0.1) is 12.2 Å². The first-order valence-corrected chi connectivity index (χ1v) is 9.46. The second kappa shape index (κ2) is 9.36. The summed E-state index contributed by atoms with van der Waals surface area (Å²) in [5, 5.41) is 2.85. The molecule has 0 aliphatic rings. The predicted octanol–water partition coefficient (Wildman–Crippen LogP) is 5.12. The summed E-state index contributed by atoms with van der Waals surface area (Å²) in [4.78, 5) is 24.2. The van der Waals surface area contributed by atoms with Crippen LogP contribution in [-0.4, -0.2) is 18.5 Å². The van der Waals surface area contributed by atoms with Gasteiger partial charge in [-0.1, -0.05) is 58.0 Å². The first-order chi connectivity index (χ1) is 12.8. The van der Waals surface area contributed by atoms with Gasteiger partial charge in [0.25, 0.3) is 0 Å². The smallest absolute Gasteiger partial charge is 0.338 e. The van der Waals surface area contributed by atoms with Gasteiger partial charge in [0.2, 0.25) is 5.91 Å². The highest BCUT2D eigenvalue weighted by molar-refractivity contribution is 5.94. The quantitative estimate of drug-likeness (QED) is 0.691. The molecular formula is C23H29NO3. The number of rotatable bonds is 7.